The Morgan fingerprint density at radius 1 is 0.886 bits per heavy atom. The molecule has 2 atom stereocenters. The lowest BCUT2D eigenvalue weighted by Gasteiger charge is -2.36. The second-order valence-corrected chi connectivity index (χ2v) is 11.2. The Labute approximate surface area is 251 Å². The van der Waals surface area contributed by atoms with Crippen molar-refractivity contribution in [3.63, 3.8) is 0 Å². The zero-order valence-corrected chi connectivity index (χ0v) is 23.8. The maximum absolute atomic E-state index is 13.4. The Morgan fingerprint density at radius 3 is 2.16 bits per heavy atom. The monoisotopic (exact) mass is 608 g/mol. The largest absolute Gasteiger partial charge is 0.408 e. The highest BCUT2D eigenvalue weighted by Gasteiger charge is 2.40. The standard InChI is InChI=1S/C30H31F3N8O3/c31-30(32,33)18-40-27-25(15-34-40)28(41-23-9-10-24(41)17-44-16-23)38-26(37-27)19-1-3-20(4-2-19)35-29(42)36-21-5-7-22(8-6-21)39-11-13-43-14-12-39/h1-8,15,23-24H,9-14,16-18H2,(H2,35,36,42). The van der Waals surface area contributed by atoms with Crippen LogP contribution < -0.4 is 20.4 Å². The molecule has 0 saturated carbocycles. The number of benzene rings is 2. The zero-order valence-electron chi connectivity index (χ0n) is 23.8. The summed E-state index contributed by atoms with van der Waals surface area (Å²) in [7, 11) is 0. The summed E-state index contributed by atoms with van der Waals surface area (Å²) in [6.45, 7) is 2.87. The molecule has 7 rings (SSSR count). The number of ether oxygens (including phenoxy) is 2. The number of carbonyl (C=O) groups excluding carboxylic acids is 1. The van der Waals surface area contributed by atoms with E-state index in [-0.39, 0.29) is 23.6 Å². The van der Waals surface area contributed by atoms with Gasteiger partial charge >= 0.3 is 12.2 Å². The third-order valence-electron chi connectivity index (χ3n) is 8.19. The van der Waals surface area contributed by atoms with Crippen LogP contribution in [-0.4, -0.2) is 83.6 Å². The minimum atomic E-state index is -4.46. The Morgan fingerprint density at radius 2 is 1.52 bits per heavy atom. The molecule has 0 aliphatic carbocycles. The number of fused-ring (bicyclic) bond motifs is 3. The van der Waals surface area contributed by atoms with Gasteiger partial charge in [-0.3, -0.25) is 0 Å². The summed E-state index contributed by atoms with van der Waals surface area (Å²) in [5.74, 6) is 0.842. The molecule has 3 fully saturated rings. The van der Waals surface area contributed by atoms with Gasteiger partial charge in [0.15, 0.2) is 11.5 Å². The van der Waals surface area contributed by atoms with Crippen molar-refractivity contribution < 1.29 is 27.4 Å². The highest BCUT2D eigenvalue weighted by Crippen LogP contribution is 2.38. The van der Waals surface area contributed by atoms with Crippen LogP contribution in [0.2, 0.25) is 0 Å². The van der Waals surface area contributed by atoms with E-state index in [0.29, 0.717) is 54.6 Å². The van der Waals surface area contributed by atoms with E-state index >= 15 is 0 Å². The van der Waals surface area contributed by atoms with Crippen LogP contribution >= 0.6 is 0 Å². The number of halogens is 3. The molecule has 3 saturated heterocycles. The first-order valence-corrected chi connectivity index (χ1v) is 14.6. The molecule has 5 heterocycles. The smallest absolute Gasteiger partial charge is 0.378 e. The van der Waals surface area contributed by atoms with Gasteiger partial charge in [-0.25, -0.2) is 19.4 Å². The number of carbonyl (C=O) groups is 1. The van der Waals surface area contributed by atoms with E-state index < -0.39 is 18.8 Å². The molecule has 44 heavy (non-hydrogen) atoms. The summed E-state index contributed by atoms with van der Waals surface area (Å²) in [5, 5.41) is 10.1. The second-order valence-electron chi connectivity index (χ2n) is 11.2. The SMILES string of the molecule is O=C(Nc1ccc(-c2nc(N3C4CCC3COC4)c3cnn(CC(F)(F)F)c3n2)cc1)Nc1ccc(N2CCOCC2)cc1. The number of hydrogen-bond donors (Lipinski definition) is 2. The van der Waals surface area contributed by atoms with Gasteiger partial charge in [0, 0.05) is 35.7 Å². The molecule has 3 aliphatic rings. The number of hydrogen-bond acceptors (Lipinski definition) is 8. The molecule has 2 bridgehead atoms. The van der Waals surface area contributed by atoms with Crippen molar-refractivity contribution in [3.8, 4) is 11.4 Å². The molecule has 2 aromatic heterocycles. The van der Waals surface area contributed by atoms with Gasteiger partial charge in [-0.2, -0.15) is 18.3 Å². The summed E-state index contributed by atoms with van der Waals surface area (Å²) < 4.78 is 52.1. The van der Waals surface area contributed by atoms with Crippen molar-refractivity contribution >= 4 is 39.9 Å². The van der Waals surface area contributed by atoms with Gasteiger partial charge in [-0.05, 0) is 61.4 Å². The lowest BCUT2D eigenvalue weighted by Crippen LogP contribution is -2.46. The Kier molecular flexibility index (Phi) is 7.46. The molecule has 2 unspecified atom stereocenters. The minimum Gasteiger partial charge on any atom is -0.378 e. The number of nitrogens with one attached hydrogen (secondary N) is 2. The summed E-state index contributed by atoms with van der Waals surface area (Å²) >= 11 is 0. The molecule has 0 spiro atoms. The van der Waals surface area contributed by atoms with Crippen molar-refractivity contribution in [3.05, 3.63) is 54.7 Å². The molecule has 3 aliphatic heterocycles. The summed E-state index contributed by atoms with van der Waals surface area (Å²) in [4.78, 5) is 26.4. The maximum atomic E-state index is 13.4. The molecular formula is C30H31F3N8O3. The Hall–Kier alpha value is -4.43. The van der Waals surface area contributed by atoms with Gasteiger partial charge in [0.1, 0.15) is 12.4 Å². The van der Waals surface area contributed by atoms with Gasteiger partial charge < -0.3 is 29.9 Å². The third kappa shape index (κ3) is 5.86. The van der Waals surface area contributed by atoms with E-state index in [1.54, 1.807) is 24.3 Å². The highest BCUT2D eigenvalue weighted by atomic mass is 19.4. The number of nitrogens with zero attached hydrogens (tertiary/aromatic N) is 6. The predicted octanol–water partition coefficient (Wildman–Crippen LogP) is 4.90. The lowest BCUT2D eigenvalue weighted by molar-refractivity contribution is -0.141. The molecule has 2 aromatic carbocycles. The van der Waals surface area contributed by atoms with Crippen LogP contribution in [0.1, 0.15) is 12.8 Å². The zero-order chi connectivity index (χ0) is 30.3. The summed E-state index contributed by atoms with van der Waals surface area (Å²) in [6, 6.07) is 14.3. The molecule has 11 nitrogen and oxygen atoms in total. The van der Waals surface area contributed by atoms with Crippen LogP contribution in [0.3, 0.4) is 0 Å². The number of rotatable bonds is 6. The van der Waals surface area contributed by atoms with Crippen molar-refractivity contribution in [2.45, 2.75) is 37.6 Å². The topological polar surface area (TPSA) is 110 Å². The fourth-order valence-corrected chi connectivity index (χ4v) is 6.10. The van der Waals surface area contributed by atoms with Gasteiger partial charge in [-0.1, -0.05) is 0 Å². The van der Waals surface area contributed by atoms with Crippen LogP contribution in [0.5, 0.6) is 0 Å². The van der Waals surface area contributed by atoms with E-state index in [2.05, 4.69) is 30.5 Å². The van der Waals surface area contributed by atoms with E-state index in [9.17, 15) is 18.0 Å². The first-order valence-electron chi connectivity index (χ1n) is 14.6. The maximum Gasteiger partial charge on any atom is 0.408 e. The fourth-order valence-electron chi connectivity index (χ4n) is 6.10. The number of morpholine rings is 2. The number of anilines is 4. The number of alkyl halides is 3. The third-order valence-corrected chi connectivity index (χ3v) is 8.19. The summed E-state index contributed by atoms with van der Waals surface area (Å²) in [6.07, 6.45) is -1.21. The normalized spacial score (nSPS) is 20.2. The molecule has 2 N–H and O–H groups in total. The first kappa shape index (κ1) is 28.3. The van der Waals surface area contributed by atoms with Crippen molar-refractivity contribution in [2.24, 2.45) is 0 Å². The van der Waals surface area contributed by atoms with Crippen LogP contribution in [0.4, 0.5) is 40.8 Å². The van der Waals surface area contributed by atoms with Crippen LogP contribution in [0.15, 0.2) is 54.7 Å². The van der Waals surface area contributed by atoms with Gasteiger partial charge in [0.2, 0.25) is 0 Å². The Balaban J connectivity index is 1.10. The van der Waals surface area contributed by atoms with Crippen LogP contribution in [0.25, 0.3) is 22.4 Å². The van der Waals surface area contributed by atoms with Crippen molar-refractivity contribution in [1.82, 2.24) is 19.7 Å². The molecular weight excluding hydrogens is 577 g/mol. The van der Waals surface area contributed by atoms with E-state index in [0.717, 1.165) is 36.3 Å². The van der Waals surface area contributed by atoms with E-state index in [1.807, 2.05) is 24.3 Å². The van der Waals surface area contributed by atoms with Crippen LogP contribution in [0, 0.1) is 0 Å². The molecule has 2 amide bonds. The van der Waals surface area contributed by atoms with Gasteiger partial charge in [0.25, 0.3) is 0 Å². The molecule has 4 aromatic rings. The number of aromatic nitrogens is 4. The molecule has 14 heteroatoms. The first-order chi connectivity index (χ1) is 21.3. The second kappa shape index (κ2) is 11.6. The van der Waals surface area contributed by atoms with Crippen LogP contribution in [-0.2, 0) is 16.0 Å². The minimum absolute atomic E-state index is 0.0892. The van der Waals surface area contributed by atoms with E-state index in [1.165, 1.54) is 6.20 Å². The lowest BCUT2D eigenvalue weighted by atomic mass is 10.1. The number of urea groups is 1. The van der Waals surface area contributed by atoms with Gasteiger partial charge in [0.05, 0.1) is 50.1 Å². The molecule has 0 radical (unpaired) electrons. The molecule has 230 valence electrons. The fraction of sp³-hybridized carbons (Fsp3) is 0.400. The average Bonchev–Trinajstić information content (AvgIpc) is 3.52. The quantitative estimate of drug-likeness (QED) is 0.318. The summed E-state index contributed by atoms with van der Waals surface area (Å²) in [5.41, 5.74) is 2.97. The van der Waals surface area contributed by atoms with Gasteiger partial charge in [-0.15, -0.1) is 0 Å². The van der Waals surface area contributed by atoms with Crippen molar-refractivity contribution in [1.29, 1.82) is 0 Å². The highest BCUT2D eigenvalue weighted by molar-refractivity contribution is 6.00. The average molecular weight is 609 g/mol. The predicted molar refractivity (Wildman–Crippen MR) is 159 cm³/mol. The number of amides is 2. The van der Waals surface area contributed by atoms with E-state index in [4.69, 9.17) is 14.5 Å². The van der Waals surface area contributed by atoms with Crippen molar-refractivity contribution in [2.75, 3.05) is 60.0 Å². The Bertz CT molecular complexity index is 1620.